The second-order valence-corrected chi connectivity index (χ2v) is 9.48. The zero-order valence-electron chi connectivity index (χ0n) is 19.9. The Morgan fingerprint density at radius 3 is 2.63 bits per heavy atom. The average Bonchev–Trinajstić information content (AvgIpc) is 3.27. The summed E-state index contributed by atoms with van der Waals surface area (Å²) in [6.07, 6.45) is 5.01. The Morgan fingerprint density at radius 2 is 1.77 bits per heavy atom. The van der Waals surface area contributed by atoms with Crippen LogP contribution in [0.3, 0.4) is 0 Å². The van der Waals surface area contributed by atoms with Gasteiger partial charge in [0, 0.05) is 22.9 Å². The number of nitrogens with zero attached hydrogens (tertiary/aromatic N) is 1. The van der Waals surface area contributed by atoms with Gasteiger partial charge in [0.05, 0.1) is 32.8 Å². The van der Waals surface area contributed by atoms with Crippen molar-refractivity contribution in [2.24, 2.45) is 0 Å². The highest BCUT2D eigenvalue weighted by Gasteiger charge is 2.20. The van der Waals surface area contributed by atoms with Gasteiger partial charge in [-0.25, -0.2) is 4.98 Å². The van der Waals surface area contributed by atoms with Crippen LogP contribution in [0, 0.1) is 0 Å². The molecule has 7 nitrogen and oxygen atoms in total. The molecule has 0 radical (unpaired) electrons. The van der Waals surface area contributed by atoms with E-state index in [1.165, 1.54) is 16.9 Å². The number of methoxy groups -OCH3 is 2. The lowest BCUT2D eigenvalue weighted by Crippen LogP contribution is -2.11. The highest BCUT2D eigenvalue weighted by molar-refractivity contribution is 7.18. The van der Waals surface area contributed by atoms with Gasteiger partial charge in [-0.2, -0.15) is 0 Å². The smallest absolute Gasteiger partial charge is 0.260 e. The number of aromatic amines is 1. The Balaban J connectivity index is 1.26. The maximum Gasteiger partial charge on any atom is 0.260 e. The summed E-state index contributed by atoms with van der Waals surface area (Å²) in [6.45, 7) is 0.991. The van der Waals surface area contributed by atoms with E-state index < -0.39 is 0 Å². The number of aryl methyl sites for hydroxylation is 2. The third-order valence-corrected chi connectivity index (χ3v) is 7.30. The van der Waals surface area contributed by atoms with Crippen LogP contribution >= 0.6 is 11.3 Å². The van der Waals surface area contributed by atoms with Crippen LogP contribution < -0.4 is 24.5 Å². The van der Waals surface area contributed by atoms with E-state index in [2.05, 4.69) is 4.98 Å². The highest BCUT2D eigenvalue weighted by atomic mass is 32.1. The van der Waals surface area contributed by atoms with Crippen molar-refractivity contribution >= 4 is 21.6 Å². The number of rotatable bonds is 9. The second kappa shape index (κ2) is 10.4. The summed E-state index contributed by atoms with van der Waals surface area (Å²) < 4.78 is 22.5. The number of hydrogen-bond donors (Lipinski definition) is 1. The third-order valence-electron chi connectivity index (χ3n) is 6.12. The minimum atomic E-state index is -0.0697. The standard InChI is InChI=1S/C27H28N2O5S/c1-31-18-7-5-8-19(16-18)33-13-6-14-34-21-12-11-17(15-22(21)32-2)25-28-26(30)24-20-9-3-4-10-23(20)35-27(24)29-25/h5,7-8,11-12,15-16H,3-4,6,9-10,13-14H2,1-2H3,(H,28,29,30). The van der Waals surface area contributed by atoms with E-state index in [0.29, 0.717) is 37.0 Å². The molecule has 0 atom stereocenters. The molecular weight excluding hydrogens is 464 g/mol. The molecule has 1 aliphatic rings. The Bertz CT molecular complexity index is 1390. The molecule has 0 bridgehead atoms. The maximum absolute atomic E-state index is 12.9. The van der Waals surface area contributed by atoms with E-state index >= 15 is 0 Å². The Morgan fingerprint density at radius 1 is 0.943 bits per heavy atom. The first-order valence-electron chi connectivity index (χ1n) is 11.8. The van der Waals surface area contributed by atoms with Crippen molar-refractivity contribution < 1.29 is 18.9 Å². The van der Waals surface area contributed by atoms with Crippen LogP contribution in [0.1, 0.15) is 29.7 Å². The normalized spacial score (nSPS) is 12.9. The summed E-state index contributed by atoms with van der Waals surface area (Å²) in [4.78, 5) is 22.8. The van der Waals surface area contributed by atoms with E-state index in [-0.39, 0.29) is 5.56 Å². The summed E-state index contributed by atoms with van der Waals surface area (Å²) in [6, 6.07) is 13.1. The van der Waals surface area contributed by atoms with Gasteiger partial charge in [0.2, 0.25) is 0 Å². The molecule has 0 amide bonds. The molecule has 35 heavy (non-hydrogen) atoms. The van der Waals surface area contributed by atoms with Crippen molar-refractivity contribution in [3.8, 4) is 34.4 Å². The minimum absolute atomic E-state index is 0.0697. The molecule has 0 aliphatic heterocycles. The first kappa shape index (κ1) is 23.2. The SMILES string of the molecule is COc1cccc(OCCCOc2ccc(-c3nc4sc5c(c4c(=O)[nH]3)CCCC5)cc2OC)c1. The molecule has 0 saturated carbocycles. The fraction of sp³-hybridized carbons (Fsp3) is 0.333. The van der Waals surface area contributed by atoms with Gasteiger partial charge in [0.15, 0.2) is 11.5 Å². The lowest BCUT2D eigenvalue weighted by molar-refractivity contribution is 0.240. The number of hydrogen-bond acceptors (Lipinski definition) is 7. The number of ether oxygens (including phenoxy) is 4. The van der Waals surface area contributed by atoms with Crippen LogP contribution in [-0.4, -0.2) is 37.4 Å². The molecule has 182 valence electrons. The van der Waals surface area contributed by atoms with Crippen molar-refractivity contribution in [3.05, 3.63) is 63.3 Å². The molecule has 1 aliphatic carbocycles. The van der Waals surface area contributed by atoms with E-state index in [0.717, 1.165) is 46.5 Å². The van der Waals surface area contributed by atoms with Gasteiger partial charge in [-0.3, -0.25) is 4.79 Å². The van der Waals surface area contributed by atoms with Crippen molar-refractivity contribution in [1.29, 1.82) is 0 Å². The molecule has 0 fully saturated rings. The van der Waals surface area contributed by atoms with Crippen molar-refractivity contribution in [2.45, 2.75) is 32.1 Å². The number of H-pyrrole nitrogens is 1. The molecule has 2 aromatic carbocycles. The van der Waals surface area contributed by atoms with Gasteiger partial charge in [0.1, 0.15) is 22.2 Å². The predicted molar refractivity (Wildman–Crippen MR) is 137 cm³/mol. The van der Waals surface area contributed by atoms with Crippen LogP contribution in [0.5, 0.6) is 23.0 Å². The zero-order chi connectivity index (χ0) is 24.2. The number of fused-ring (bicyclic) bond motifs is 3. The fourth-order valence-corrected chi connectivity index (χ4v) is 5.62. The number of thiophene rings is 1. The van der Waals surface area contributed by atoms with Crippen LogP contribution in [0.15, 0.2) is 47.3 Å². The van der Waals surface area contributed by atoms with Crippen LogP contribution in [0.25, 0.3) is 21.6 Å². The Kier molecular flexibility index (Phi) is 6.90. The highest BCUT2D eigenvalue weighted by Crippen LogP contribution is 2.35. The molecule has 4 aromatic rings. The molecule has 5 rings (SSSR count). The number of benzene rings is 2. The molecule has 8 heteroatoms. The molecule has 0 unspecified atom stereocenters. The largest absolute Gasteiger partial charge is 0.497 e. The first-order chi connectivity index (χ1) is 17.2. The van der Waals surface area contributed by atoms with Crippen LogP contribution in [-0.2, 0) is 12.8 Å². The predicted octanol–water partition coefficient (Wildman–Crippen LogP) is 5.40. The van der Waals surface area contributed by atoms with Gasteiger partial charge in [-0.1, -0.05) is 6.07 Å². The summed E-state index contributed by atoms with van der Waals surface area (Å²) in [5.74, 6) is 3.28. The van der Waals surface area contributed by atoms with Crippen LogP contribution in [0.4, 0.5) is 0 Å². The number of aromatic nitrogens is 2. The Labute approximate surface area is 207 Å². The average molecular weight is 493 g/mol. The fourth-order valence-electron chi connectivity index (χ4n) is 4.36. The lowest BCUT2D eigenvalue weighted by Gasteiger charge is -2.13. The molecule has 2 aromatic heterocycles. The van der Waals surface area contributed by atoms with Crippen LogP contribution in [0.2, 0.25) is 0 Å². The molecular formula is C27H28N2O5S. The second-order valence-electron chi connectivity index (χ2n) is 8.40. The number of nitrogens with one attached hydrogen (secondary N) is 1. The quantitative estimate of drug-likeness (QED) is 0.315. The molecule has 0 spiro atoms. The molecule has 0 saturated heterocycles. The summed E-state index contributed by atoms with van der Waals surface area (Å²) in [5.41, 5.74) is 1.90. The topological polar surface area (TPSA) is 82.7 Å². The third kappa shape index (κ3) is 4.98. The molecule has 2 heterocycles. The zero-order valence-corrected chi connectivity index (χ0v) is 20.7. The van der Waals surface area contributed by atoms with E-state index in [4.69, 9.17) is 23.9 Å². The first-order valence-corrected chi connectivity index (χ1v) is 12.6. The van der Waals surface area contributed by atoms with E-state index in [1.807, 2.05) is 42.5 Å². The van der Waals surface area contributed by atoms with Gasteiger partial charge in [-0.05, 0) is 61.6 Å². The lowest BCUT2D eigenvalue weighted by atomic mass is 9.97. The van der Waals surface area contributed by atoms with Crippen molar-refractivity contribution in [2.75, 3.05) is 27.4 Å². The summed E-state index contributed by atoms with van der Waals surface area (Å²) in [7, 11) is 3.23. The van der Waals surface area contributed by atoms with E-state index in [1.54, 1.807) is 25.6 Å². The van der Waals surface area contributed by atoms with Crippen molar-refractivity contribution in [3.63, 3.8) is 0 Å². The van der Waals surface area contributed by atoms with E-state index in [9.17, 15) is 4.79 Å². The maximum atomic E-state index is 12.9. The molecule has 1 N–H and O–H groups in total. The van der Waals surface area contributed by atoms with Gasteiger partial charge in [0.25, 0.3) is 5.56 Å². The van der Waals surface area contributed by atoms with Gasteiger partial charge in [-0.15, -0.1) is 11.3 Å². The summed E-state index contributed by atoms with van der Waals surface area (Å²) in [5, 5.41) is 0.761. The van der Waals surface area contributed by atoms with Gasteiger partial charge >= 0.3 is 0 Å². The van der Waals surface area contributed by atoms with Gasteiger partial charge < -0.3 is 23.9 Å². The van der Waals surface area contributed by atoms with Crippen molar-refractivity contribution in [1.82, 2.24) is 9.97 Å². The minimum Gasteiger partial charge on any atom is -0.497 e. The Hall–Kier alpha value is -3.52. The monoisotopic (exact) mass is 492 g/mol. The summed E-state index contributed by atoms with van der Waals surface area (Å²) >= 11 is 1.65.